The minimum atomic E-state index is 0.0508. The average Bonchev–Trinajstić information content (AvgIpc) is 3.35. The number of amides is 1. The lowest BCUT2D eigenvalue weighted by atomic mass is 10.1. The molecule has 1 amide bonds. The molecule has 37 heavy (non-hydrogen) atoms. The van der Waals surface area contributed by atoms with E-state index in [4.69, 9.17) is 21.1 Å². The molecular weight excluding hydrogens is 506 g/mol. The highest BCUT2D eigenvalue weighted by atomic mass is 35.5. The van der Waals surface area contributed by atoms with Gasteiger partial charge in [-0.2, -0.15) is 0 Å². The third-order valence-corrected chi connectivity index (χ3v) is 8.21. The number of carbonyl (C=O) groups is 1. The van der Waals surface area contributed by atoms with Gasteiger partial charge in [0, 0.05) is 53.1 Å². The number of rotatable bonds is 8. The van der Waals surface area contributed by atoms with Crippen molar-refractivity contribution in [1.82, 2.24) is 15.1 Å². The molecule has 5 rings (SSSR count). The van der Waals surface area contributed by atoms with Gasteiger partial charge < -0.3 is 14.8 Å². The van der Waals surface area contributed by atoms with Crippen LogP contribution >= 0.6 is 23.4 Å². The first kappa shape index (κ1) is 25.9. The summed E-state index contributed by atoms with van der Waals surface area (Å²) in [5.41, 5.74) is 2.32. The largest absolute Gasteiger partial charge is 0.454 e. The predicted octanol–water partition coefficient (Wildman–Crippen LogP) is 5.43. The van der Waals surface area contributed by atoms with Gasteiger partial charge in [-0.1, -0.05) is 47.6 Å². The average molecular weight is 538 g/mol. The Morgan fingerprint density at radius 2 is 1.73 bits per heavy atom. The van der Waals surface area contributed by atoms with Gasteiger partial charge in [-0.25, -0.2) is 0 Å². The highest BCUT2D eigenvalue weighted by Crippen LogP contribution is 2.34. The number of hydrogen-bond donors (Lipinski definition) is 1. The first-order chi connectivity index (χ1) is 17.9. The fourth-order valence-corrected chi connectivity index (χ4v) is 6.06. The zero-order valence-electron chi connectivity index (χ0n) is 21.2. The second-order valence-corrected chi connectivity index (χ2v) is 11.2. The number of nitrogens with zero attached hydrogens (tertiary/aromatic N) is 2. The number of piperazine rings is 1. The number of ether oxygens (including phenoxy) is 2. The minimum absolute atomic E-state index is 0.0508. The van der Waals surface area contributed by atoms with Crippen molar-refractivity contribution in [3.63, 3.8) is 0 Å². The van der Waals surface area contributed by atoms with E-state index in [-0.39, 0.29) is 5.91 Å². The van der Waals surface area contributed by atoms with Crippen molar-refractivity contribution in [1.29, 1.82) is 0 Å². The molecule has 0 radical (unpaired) electrons. The molecule has 2 aliphatic heterocycles. The topological polar surface area (TPSA) is 54.0 Å². The van der Waals surface area contributed by atoms with Crippen LogP contribution in [-0.2, 0) is 17.9 Å². The highest BCUT2D eigenvalue weighted by molar-refractivity contribution is 7.99. The Kier molecular flexibility index (Phi) is 8.25. The van der Waals surface area contributed by atoms with Gasteiger partial charge >= 0.3 is 0 Å². The molecule has 0 aliphatic carbocycles. The molecule has 3 aromatic carbocycles. The molecule has 0 aromatic heterocycles. The molecule has 2 atom stereocenters. The summed E-state index contributed by atoms with van der Waals surface area (Å²) in [6.07, 6.45) is 0. The third-order valence-electron chi connectivity index (χ3n) is 6.84. The zero-order chi connectivity index (χ0) is 25.8. The van der Waals surface area contributed by atoms with Gasteiger partial charge in [0.05, 0.1) is 6.54 Å². The third kappa shape index (κ3) is 6.60. The molecule has 194 valence electrons. The Morgan fingerprint density at radius 1 is 1.00 bits per heavy atom. The van der Waals surface area contributed by atoms with E-state index >= 15 is 0 Å². The maximum atomic E-state index is 12.9. The van der Waals surface area contributed by atoms with Crippen LogP contribution < -0.4 is 14.8 Å². The molecular formula is C29H32ClN3O3S. The monoisotopic (exact) mass is 537 g/mol. The predicted molar refractivity (Wildman–Crippen MR) is 147 cm³/mol. The molecule has 8 heteroatoms. The first-order valence-corrected chi connectivity index (χ1v) is 13.8. The van der Waals surface area contributed by atoms with Crippen LogP contribution in [0.15, 0.2) is 76.5 Å². The van der Waals surface area contributed by atoms with Gasteiger partial charge in [-0.3, -0.25) is 14.6 Å². The molecule has 2 unspecified atom stereocenters. The van der Waals surface area contributed by atoms with E-state index in [1.807, 2.05) is 42.5 Å². The zero-order valence-corrected chi connectivity index (χ0v) is 22.7. The van der Waals surface area contributed by atoms with Crippen LogP contribution in [0.25, 0.3) is 0 Å². The van der Waals surface area contributed by atoms with Crippen molar-refractivity contribution < 1.29 is 14.3 Å². The van der Waals surface area contributed by atoms with Crippen molar-refractivity contribution >= 4 is 29.3 Å². The number of hydrogen-bond acceptors (Lipinski definition) is 6. The Labute approximate surface area is 227 Å². The fraction of sp³-hybridized carbons (Fsp3) is 0.345. The number of fused-ring (bicyclic) bond motifs is 1. The standard InChI is InChI=1S/C29H32ClN3O3S/c1-20-15-32(16-21(2)33(20)17-22-7-12-26-27(13-22)36-19-35-26)18-29(34)31-14-23-5-3-4-6-28(23)37-25-10-8-24(30)9-11-25/h3-13,20-21H,14-19H2,1-2H3,(H,31,34). The second kappa shape index (κ2) is 11.8. The number of halogens is 1. The van der Waals surface area contributed by atoms with Crippen LogP contribution in [-0.4, -0.2) is 54.2 Å². The fourth-order valence-electron chi connectivity index (χ4n) is 4.99. The van der Waals surface area contributed by atoms with E-state index in [0.717, 1.165) is 51.5 Å². The Morgan fingerprint density at radius 3 is 2.51 bits per heavy atom. The van der Waals surface area contributed by atoms with E-state index in [1.54, 1.807) is 11.8 Å². The van der Waals surface area contributed by atoms with E-state index < -0.39 is 0 Å². The molecule has 1 N–H and O–H groups in total. The van der Waals surface area contributed by atoms with Crippen LogP contribution in [0.4, 0.5) is 0 Å². The maximum Gasteiger partial charge on any atom is 0.234 e. The minimum Gasteiger partial charge on any atom is -0.454 e. The molecule has 3 aromatic rings. The van der Waals surface area contributed by atoms with Crippen LogP contribution in [0, 0.1) is 0 Å². The quantitative estimate of drug-likeness (QED) is 0.413. The van der Waals surface area contributed by atoms with E-state index in [0.29, 0.717) is 32.0 Å². The Hall–Kier alpha value is -2.71. The van der Waals surface area contributed by atoms with Crippen LogP contribution in [0.5, 0.6) is 11.5 Å². The Balaban J connectivity index is 1.13. The SMILES string of the molecule is CC1CN(CC(=O)NCc2ccccc2Sc2ccc(Cl)cc2)CC(C)N1Cc1ccc2c(c1)OCO2. The Bertz CT molecular complexity index is 1230. The van der Waals surface area contributed by atoms with Gasteiger partial charge in [0.25, 0.3) is 0 Å². The van der Waals surface area contributed by atoms with Crippen molar-refractivity contribution in [3.8, 4) is 11.5 Å². The van der Waals surface area contributed by atoms with Crippen molar-refractivity contribution in [2.24, 2.45) is 0 Å². The van der Waals surface area contributed by atoms with Crippen molar-refractivity contribution in [2.45, 2.75) is 48.8 Å². The normalized spacial score (nSPS) is 19.6. The number of carbonyl (C=O) groups excluding carboxylic acids is 1. The lowest BCUT2D eigenvalue weighted by Gasteiger charge is -2.44. The van der Waals surface area contributed by atoms with Crippen molar-refractivity contribution in [3.05, 3.63) is 82.9 Å². The van der Waals surface area contributed by atoms with Gasteiger partial charge in [0.15, 0.2) is 11.5 Å². The lowest BCUT2D eigenvalue weighted by Crippen LogP contribution is -2.57. The van der Waals surface area contributed by atoms with Crippen LogP contribution in [0.1, 0.15) is 25.0 Å². The molecule has 6 nitrogen and oxygen atoms in total. The maximum absolute atomic E-state index is 12.9. The van der Waals surface area contributed by atoms with Gasteiger partial charge in [0.2, 0.25) is 12.7 Å². The molecule has 2 heterocycles. The smallest absolute Gasteiger partial charge is 0.234 e. The summed E-state index contributed by atoms with van der Waals surface area (Å²) in [6.45, 7) is 8.22. The molecule has 0 saturated carbocycles. The number of benzene rings is 3. The van der Waals surface area contributed by atoms with Gasteiger partial charge in [-0.05, 0) is 67.4 Å². The first-order valence-electron chi connectivity index (χ1n) is 12.6. The van der Waals surface area contributed by atoms with Crippen LogP contribution in [0.3, 0.4) is 0 Å². The molecule has 1 saturated heterocycles. The lowest BCUT2D eigenvalue weighted by molar-refractivity contribution is -0.123. The summed E-state index contributed by atoms with van der Waals surface area (Å²) in [4.78, 5) is 19.9. The van der Waals surface area contributed by atoms with E-state index in [9.17, 15) is 4.79 Å². The highest BCUT2D eigenvalue weighted by Gasteiger charge is 2.30. The van der Waals surface area contributed by atoms with E-state index in [2.05, 4.69) is 53.2 Å². The summed E-state index contributed by atoms with van der Waals surface area (Å²) in [5, 5.41) is 3.86. The summed E-state index contributed by atoms with van der Waals surface area (Å²) < 4.78 is 11.0. The van der Waals surface area contributed by atoms with Crippen LogP contribution in [0.2, 0.25) is 5.02 Å². The molecule has 1 fully saturated rings. The number of nitrogens with one attached hydrogen (secondary N) is 1. The summed E-state index contributed by atoms with van der Waals surface area (Å²) in [6, 6.07) is 22.8. The summed E-state index contributed by atoms with van der Waals surface area (Å²) in [5.74, 6) is 1.68. The summed E-state index contributed by atoms with van der Waals surface area (Å²) >= 11 is 7.70. The summed E-state index contributed by atoms with van der Waals surface area (Å²) in [7, 11) is 0. The second-order valence-electron chi connectivity index (χ2n) is 9.69. The molecule has 2 aliphatic rings. The molecule has 0 spiro atoms. The van der Waals surface area contributed by atoms with Crippen molar-refractivity contribution in [2.75, 3.05) is 26.4 Å². The van der Waals surface area contributed by atoms with E-state index in [1.165, 1.54) is 5.56 Å². The van der Waals surface area contributed by atoms with Gasteiger partial charge in [-0.15, -0.1) is 0 Å². The molecule has 0 bridgehead atoms. The van der Waals surface area contributed by atoms with Gasteiger partial charge in [0.1, 0.15) is 0 Å².